The highest BCUT2D eigenvalue weighted by Gasteiger charge is 2.41. The van der Waals surface area contributed by atoms with E-state index in [2.05, 4.69) is 5.32 Å². The van der Waals surface area contributed by atoms with Crippen LogP contribution in [0.25, 0.3) is 0 Å². The molecule has 0 spiro atoms. The molecule has 2 rings (SSSR count). The topological polar surface area (TPSA) is 95.9 Å². The Morgan fingerprint density at radius 3 is 2.31 bits per heavy atom. The number of carbonyl (C=O) groups is 3. The van der Waals surface area contributed by atoms with Crippen molar-refractivity contribution in [2.24, 2.45) is 11.8 Å². The number of hydrogen-bond donors (Lipinski definition) is 2. The number of nitrogens with one attached hydrogen (secondary N) is 1. The minimum absolute atomic E-state index is 0.124. The molecule has 142 valence electrons. The van der Waals surface area contributed by atoms with Gasteiger partial charge in [-0.15, -0.1) is 0 Å². The van der Waals surface area contributed by atoms with Gasteiger partial charge in [-0.05, 0) is 43.5 Å². The number of carboxylic acids is 1. The van der Waals surface area contributed by atoms with E-state index in [1.807, 2.05) is 13.8 Å². The van der Waals surface area contributed by atoms with E-state index in [1.165, 1.54) is 0 Å². The fourth-order valence-corrected chi connectivity index (χ4v) is 3.24. The monoisotopic (exact) mass is 362 g/mol. The number of amides is 2. The summed E-state index contributed by atoms with van der Waals surface area (Å²) in [5.41, 5.74) is 0.433. The standard InChI is InChI=1S/C19H26N2O5/c1-11(2)16(18(23)21-10-9-15(12(21)3)19(24)25)20-17(22)13-5-7-14(26-4)8-6-13/h5-8,11-12,15-16H,9-10H2,1-4H3,(H,20,22)(H,24,25). The van der Waals surface area contributed by atoms with Gasteiger partial charge in [0.15, 0.2) is 0 Å². The highest BCUT2D eigenvalue weighted by Crippen LogP contribution is 2.26. The largest absolute Gasteiger partial charge is 0.497 e. The number of rotatable bonds is 6. The summed E-state index contributed by atoms with van der Waals surface area (Å²) in [6.45, 7) is 5.84. The SMILES string of the molecule is COc1ccc(C(=O)NC(C(=O)N2CCC(C(=O)O)C2C)C(C)C)cc1. The highest BCUT2D eigenvalue weighted by molar-refractivity contribution is 5.98. The van der Waals surface area contributed by atoms with Crippen LogP contribution in [0.1, 0.15) is 37.6 Å². The second-order valence-electron chi connectivity index (χ2n) is 6.93. The molecule has 0 radical (unpaired) electrons. The summed E-state index contributed by atoms with van der Waals surface area (Å²) in [5.74, 6) is -1.52. The first-order valence-electron chi connectivity index (χ1n) is 8.74. The second-order valence-corrected chi connectivity index (χ2v) is 6.93. The van der Waals surface area contributed by atoms with E-state index < -0.39 is 17.9 Å². The number of hydrogen-bond acceptors (Lipinski definition) is 4. The third-order valence-corrected chi connectivity index (χ3v) is 4.93. The zero-order valence-electron chi connectivity index (χ0n) is 15.6. The van der Waals surface area contributed by atoms with Gasteiger partial charge in [0.05, 0.1) is 13.0 Å². The Hall–Kier alpha value is -2.57. The van der Waals surface area contributed by atoms with Gasteiger partial charge in [0.25, 0.3) is 5.91 Å². The van der Waals surface area contributed by atoms with Crippen molar-refractivity contribution < 1.29 is 24.2 Å². The number of carbonyl (C=O) groups excluding carboxylic acids is 2. The summed E-state index contributed by atoms with van der Waals surface area (Å²) in [6.07, 6.45) is 0.430. The third-order valence-electron chi connectivity index (χ3n) is 4.93. The van der Waals surface area contributed by atoms with Crippen molar-refractivity contribution >= 4 is 17.8 Å². The molecule has 1 fully saturated rings. The molecule has 2 N–H and O–H groups in total. The lowest BCUT2D eigenvalue weighted by Crippen LogP contribution is -2.52. The lowest BCUT2D eigenvalue weighted by molar-refractivity contribution is -0.143. The van der Waals surface area contributed by atoms with Gasteiger partial charge in [0.1, 0.15) is 11.8 Å². The molecule has 0 aliphatic carbocycles. The Morgan fingerprint density at radius 1 is 1.23 bits per heavy atom. The predicted molar refractivity (Wildman–Crippen MR) is 96.0 cm³/mol. The lowest BCUT2D eigenvalue weighted by atomic mass is 10.00. The van der Waals surface area contributed by atoms with Gasteiger partial charge >= 0.3 is 5.97 Å². The van der Waals surface area contributed by atoms with Crippen LogP contribution in [0.2, 0.25) is 0 Å². The maximum atomic E-state index is 12.9. The summed E-state index contributed by atoms with van der Waals surface area (Å²) in [6, 6.07) is 5.53. The molecular formula is C19H26N2O5. The molecule has 7 nitrogen and oxygen atoms in total. The van der Waals surface area contributed by atoms with Crippen LogP contribution in [0.3, 0.4) is 0 Å². The van der Waals surface area contributed by atoms with Crippen LogP contribution >= 0.6 is 0 Å². The summed E-state index contributed by atoms with van der Waals surface area (Å²) in [7, 11) is 1.55. The Morgan fingerprint density at radius 2 is 1.85 bits per heavy atom. The summed E-state index contributed by atoms with van der Waals surface area (Å²) >= 11 is 0. The molecule has 1 aliphatic heterocycles. The van der Waals surface area contributed by atoms with Crippen molar-refractivity contribution in [2.75, 3.05) is 13.7 Å². The lowest BCUT2D eigenvalue weighted by Gasteiger charge is -2.30. The van der Waals surface area contributed by atoms with E-state index in [0.717, 1.165) is 0 Å². The first kappa shape index (κ1) is 19.8. The first-order chi connectivity index (χ1) is 12.3. The zero-order valence-corrected chi connectivity index (χ0v) is 15.6. The Balaban J connectivity index is 2.11. The normalized spacial score (nSPS) is 20.7. The summed E-state index contributed by atoms with van der Waals surface area (Å²) in [4.78, 5) is 38.3. The Bertz CT molecular complexity index is 671. The maximum absolute atomic E-state index is 12.9. The van der Waals surface area contributed by atoms with Gasteiger partial charge in [0, 0.05) is 18.2 Å². The van der Waals surface area contributed by atoms with Gasteiger partial charge in [-0.3, -0.25) is 14.4 Å². The van der Waals surface area contributed by atoms with Crippen molar-refractivity contribution in [3.8, 4) is 5.75 Å². The van der Waals surface area contributed by atoms with Crippen LogP contribution in [-0.2, 0) is 9.59 Å². The molecule has 1 aromatic rings. The third kappa shape index (κ3) is 4.15. The molecule has 2 amide bonds. The number of ether oxygens (including phenoxy) is 1. The first-order valence-corrected chi connectivity index (χ1v) is 8.74. The molecule has 7 heteroatoms. The number of likely N-dealkylation sites (tertiary alicyclic amines) is 1. The van der Waals surface area contributed by atoms with Gasteiger partial charge in [-0.1, -0.05) is 13.8 Å². The minimum atomic E-state index is -0.892. The number of nitrogens with zero attached hydrogens (tertiary/aromatic N) is 1. The Labute approximate surface area is 153 Å². The van der Waals surface area contributed by atoms with Gasteiger partial charge in [-0.25, -0.2) is 0 Å². The van der Waals surface area contributed by atoms with E-state index in [9.17, 15) is 19.5 Å². The maximum Gasteiger partial charge on any atom is 0.308 e. The average molecular weight is 362 g/mol. The molecule has 1 aromatic carbocycles. The number of benzene rings is 1. The van der Waals surface area contributed by atoms with Crippen LogP contribution < -0.4 is 10.1 Å². The average Bonchev–Trinajstić information content (AvgIpc) is 3.00. The van der Waals surface area contributed by atoms with E-state index in [1.54, 1.807) is 43.2 Å². The molecular weight excluding hydrogens is 336 g/mol. The number of carboxylic acid groups (broad SMARTS) is 1. The minimum Gasteiger partial charge on any atom is -0.497 e. The molecule has 3 atom stereocenters. The van der Waals surface area contributed by atoms with E-state index in [-0.39, 0.29) is 23.8 Å². The van der Waals surface area contributed by atoms with Crippen LogP contribution in [0.4, 0.5) is 0 Å². The molecule has 3 unspecified atom stereocenters. The zero-order chi connectivity index (χ0) is 19.4. The molecule has 1 saturated heterocycles. The second kappa shape index (κ2) is 8.21. The highest BCUT2D eigenvalue weighted by atomic mass is 16.5. The molecule has 0 bridgehead atoms. The van der Waals surface area contributed by atoms with E-state index in [0.29, 0.717) is 24.3 Å². The quantitative estimate of drug-likeness (QED) is 0.804. The van der Waals surface area contributed by atoms with Crippen LogP contribution in [0.15, 0.2) is 24.3 Å². The van der Waals surface area contributed by atoms with Gasteiger partial charge in [-0.2, -0.15) is 0 Å². The van der Waals surface area contributed by atoms with E-state index >= 15 is 0 Å². The van der Waals surface area contributed by atoms with Gasteiger partial charge < -0.3 is 20.1 Å². The van der Waals surface area contributed by atoms with Gasteiger partial charge in [0.2, 0.25) is 5.91 Å². The van der Waals surface area contributed by atoms with Crippen molar-refractivity contribution in [2.45, 2.75) is 39.3 Å². The predicted octanol–water partition coefficient (Wildman–Crippen LogP) is 1.77. The molecule has 1 aliphatic rings. The molecule has 0 saturated carbocycles. The number of methoxy groups -OCH3 is 1. The molecule has 26 heavy (non-hydrogen) atoms. The fraction of sp³-hybridized carbons (Fsp3) is 0.526. The molecule has 1 heterocycles. The summed E-state index contributed by atoms with van der Waals surface area (Å²) < 4.78 is 5.07. The van der Waals surface area contributed by atoms with Crippen LogP contribution in [0, 0.1) is 11.8 Å². The van der Waals surface area contributed by atoms with Crippen molar-refractivity contribution in [3.05, 3.63) is 29.8 Å². The summed E-state index contributed by atoms with van der Waals surface area (Å²) in [5, 5.41) is 12.0. The smallest absolute Gasteiger partial charge is 0.308 e. The number of aliphatic carboxylic acids is 1. The molecule has 0 aromatic heterocycles. The van der Waals surface area contributed by atoms with Crippen LogP contribution in [0.5, 0.6) is 5.75 Å². The Kier molecular flexibility index (Phi) is 6.23. The van der Waals surface area contributed by atoms with Crippen LogP contribution in [-0.4, -0.2) is 53.5 Å². The fourth-order valence-electron chi connectivity index (χ4n) is 3.24. The van der Waals surface area contributed by atoms with E-state index in [4.69, 9.17) is 4.74 Å². The van der Waals surface area contributed by atoms with Crippen molar-refractivity contribution in [3.63, 3.8) is 0 Å². The van der Waals surface area contributed by atoms with Crippen molar-refractivity contribution in [1.82, 2.24) is 10.2 Å². The van der Waals surface area contributed by atoms with Crippen molar-refractivity contribution in [1.29, 1.82) is 0 Å².